The molecule has 10 heteroatoms. The van der Waals surface area contributed by atoms with E-state index >= 15 is 0 Å². The number of anilines is 1. The Morgan fingerprint density at radius 1 is 1.02 bits per heavy atom. The van der Waals surface area contributed by atoms with Crippen LogP contribution in [0.4, 0.5) is 5.13 Å². The maximum absolute atomic E-state index is 13.6. The highest BCUT2D eigenvalue weighted by Gasteiger charge is 2.45. The molecule has 44 heavy (non-hydrogen) atoms. The summed E-state index contributed by atoms with van der Waals surface area (Å²) in [6, 6.07) is 23.3. The van der Waals surface area contributed by atoms with Gasteiger partial charge in [-0.3, -0.25) is 14.5 Å². The lowest BCUT2D eigenvalue weighted by atomic mass is 9.95. The molecule has 0 bridgehead atoms. The van der Waals surface area contributed by atoms with E-state index in [0.717, 1.165) is 30.4 Å². The van der Waals surface area contributed by atoms with Gasteiger partial charge in [0.25, 0.3) is 5.91 Å². The van der Waals surface area contributed by atoms with Crippen LogP contribution in [0.25, 0.3) is 6.08 Å². The maximum atomic E-state index is 13.6. The van der Waals surface area contributed by atoms with Crippen molar-refractivity contribution in [2.75, 3.05) is 11.5 Å². The number of amides is 1. The first-order valence-corrected chi connectivity index (χ1v) is 16.6. The zero-order valence-electron chi connectivity index (χ0n) is 24.2. The van der Waals surface area contributed by atoms with Crippen LogP contribution in [0.1, 0.15) is 55.3 Å². The summed E-state index contributed by atoms with van der Waals surface area (Å²) in [5.41, 5.74) is 2.40. The molecule has 1 aliphatic rings. The molecule has 5 rings (SSSR count). The van der Waals surface area contributed by atoms with Gasteiger partial charge in [0.15, 0.2) is 15.9 Å². The van der Waals surface area contributed by atoms with Crippen molar-refractivity contribution in [2.45, 2.75) is 48.7 Å². The molecular formula is C34H32ClN3O4S2. The number of benzene rings is 3. The fourth-order valence-electron chi connectivity index (χ4n) is 4.77. The third-order valence-electron chi connectivity index (χ3n) is 7.07. The molecule has 226 valence electrons. The number of aliphatic hydroxyl groups excluding tert-OH is 1. The van der Waals surface area contributed by atoms with Gasteiger partial charge in [-0.2, -0.15) is 0 Å². The van der Waals surface area contributed by atoms with E-state index in [1.165, 1.54) is 40.5 Å². The van der Waals surface area contributed by atoms with Gasteiger partial charge in [0, 0.05) is 10.8 Å². The van der Waals surface area contributed by atoms with Gasteiger partial charge in [0.05, 0.1) is 18.2 Å². The Kier molecular flexibility index (Phi) is 10.9. The van der Waals surface area contributed by atoms with Crippen molar-refractivity contribution in [2.24, 2.45) is 0 Å². The molecule has 2 heterocycles. The summed E-state index contributed by atoms with van der Waals surface area (Å²) in [5, 5.41) is 20.6. The lowest BCUT2D eigenvalue weighted by molar-refractivity contribution is -0.117. The number of halogens is 1. The minimum atomic E-state index is -0.900. The average molecular weight is 646 g/mol. The van der Waals surface area contributed by atoms with E-state index in [4.69, 9.17) is 16.3 Å². The molecule has 4 aromatic rings. The van der Waals surface area contributed by atoms with Crippen molar-refractivity contribution in [1.82, 2.24) is 10.2 Å². The average Bonchev–Trinajstić information content (AvgIpc) is 3.62. The van der Waals surface area contributed by atoms with E-state index in [2.05, 4.69) is 17.1 Å². The van der Waals surface area contributed by atoms with Crippen molar-refractivity contribution in [3.8, 4) is 5.75 Å². The van der Waals surface area contributed by atoms with E-state index in [1.807, 2.05) is 78.9 Å². The molecular weight excluding hydrogens is 614 g/mol. The molecule has 7 nitrogen and oxygen atoms in total. The van der Waals surface area contributed by atoms with Crippen molar-refractivity contribution in [3.63, 3.8) is 0 Å². The largest absolute Gasteiger partial charge is 0.503 e. The molecule has 0 spiro atoms. The summed E-state index contributed by atoms with van der Waals surface area (Å²) in [6.07, 6.45) is 7.45. The Labute approximate surface area is 270 Å². The van der Waals surface area contributed by atoms with E-state index in [1.54, 1.807) is 6.08 Å². The Bertz CT molecular complexity index is 1650. The van der Waals surface area contributed by atoms with Gasteiger partial charge in [-0.15, -0.1) is 10.2 Å². The predicted octanol–water partition coefficient (Wildman–Crippen LogP) is 8.63. The highest BCUT2D eigenvalue weighted by atomic mass is 35.5. The first kappa shape index (κ1) is 31.5. The Morgan fingerprint density at radius 3 is 2.52 bits per heavy atom. The van der Waals surface area contributed by atoms with Crippen LogP contribution in [0.3, 0.4) is 0 Å². The van der Waals surface area contributed by atoms with E-state index in [0.29, 0.717) is 33.0 Å². The van der Waals surface area contributed by atoms with E-state index < -0.39 is 23.5 Å². The van der Waals surface area contributed by atoms with Crippen LogP contribution in [-0.2, 0) is 15.3 Å². The minimum Gasteiger partial charge on any atom is -0.503 e. The van der Waals surface area contributed by atoms with Gasteiger partial charge in [-0.05, 0) is 47.4 Å². The SMILES string of the molecule is CCCCCCOc1ccc(C2C(C(=O)/C=C/c3ccccc3)=C(O)C(=O)N2c2nnc(SCc3ccccc3Cl)s2)cc1. The molecule has 3 aromatic carbocycles. The van der Waals surface area contributed by atoms with Crippen molar-refractivity contribution >= 4 is 57.6 Å². The van der Waals surface area contributed by atoms with Gasteiger partial charge in [-0.25, -0.2) is 0 Å². The number of rotatable bonds is 14. The number of thioether (sulfide) groups is 1. The van der Waals surface area contributed by atoms with Gasteiger partial charge in [-0.1, -0.05) is 128 Å². The maximum Gasteiger partial charge on any atom is 0.296 e. The highest BCUT2D eigenvalue weighted by Crippen LogP contribution is 2.43. The van der Waals surface area contributed by atoms with Crippen molar-refractivity contribution in [3.05, 3.63) is 118 Å². The van der Waals surface area contributed by atoms with Crippen molar-refractivity contribution < 1.29 is 19.4 Å². The summed E-state index contributed by atoms with van der Waals surface area (Å²) in [6.45, 7) is 2.78. The summed E-state index contributed by atoms with van der Waals surface area (Å²) in [7, 11) is 0. The van der Waals surface area contributed by atoms with Gasteiger partial charge in [0.2, 0.25) is 5.13 Å². The quantitative estimate of drug-likeness (QED) is 0.0635. The zero-order chi connectivity index (χ0) is 30.9. The molecule has 0 fully saturated rings. The lowest BCUT2D eigenvalue weighted by Gasteiger charge is -2.24. The number of allylic oxidation sites excluding steroid dienone is 1. The Hall–Kier alpha value is -3.92. The van der Waals surface area contributed by atoms with Crippen LogP contribution in [0.5, 0.6) is 5.75 Å². The summed E-state index contributed by atoms with van der Waals surface area (Å²) < 4.78 is 6.53. The van der Waals surface area contributed by atoms with Crippen LogP contribution in [-0.4, -0.2) is 33.6 Å². The second-order valence-corrected chi connectivity index (χ2v) is 12.7. The fourth-order valence-corrected chi connectivity index (χ4v) is 6.93. The Morgan fingerprint density at radius 2 is 1.77 bits per heavy atom. The number of hydrogen-bond acceptors (Lipinski definition) is 8. The van der Waals surface area contributed by atoms with E-state index in [-0.39, 0.29) is 10.7 Å². The van der Waals surface area contributed by atoms with Gasteiger partial charge < -0.3 is 9.84 Å². The predicted molar refractivity (Wildman–Crippen MR) is 177 cm³/mol. The second kappa shape index (κ2) is 15.2. The number of nitrogens with zero attached hydrogens (tertiary/aromatic N) is 3. The number of unbranched alkanes of at least 4 members (excludes halogenated alkanes) is 3. The molecule has 0 saturated heterocycles. The number of carbonyl (C=O) groups excluding carboxylic acids is 2. The standard InChI is InChI=1S/C34H32ClN3O4S2/c1-2-3-4-10-21-42-26-18-16-24(17-19-26)30-29(28(39)20-15-23-11-6-5-7-12-23)31(40)32(41)38(30)33-36-37-34(44-33)43-22-25-13-8-9-14-27(25)35/h5-9,11-20,30,40H,2-4,10,21-22H2,1H3/b20-15+. The molecule has 0 aliphatic carbocycles. The third kappa shape index (κ3) is 7.59. The second-order valence-electron chi connectivity index (χ2n) is 10.2. The van der Waals surface area contributed by atoms with Crippen LogP contribution >= 0.6 is 34.7 Å². The molecule has 1 aliphatic heterocycles. The molecule has 0 saturated carbocycles. The van der Waals surface area contributed by atoms with Crippen LogP contribution < -0.4 is 9.64 Å². The lowest BCUT2D eigenvalue weighted by Crippen LogP contribution is -2.30. The third-order valence-corrected chi connectivity index (χ3v) is 9.55. The molecule has 1 N–H and O–H groups in total. The number of carbonyl (C=O) groups is 2. The molecule has 1 unspecified atom stereocenters. The normalized spacial score (nSPS) is 15.0. The smallest absolute Gasteiger partial charge is 0.296 e. The monoisotopic (exact) mass is 645 g/mol. The number of ketones is 1. The first-order valence-electron chi connectivity index (χ1n) is 14.4. The van der Waals surface area contributed by atoms with Gasteiger partial charge >= 0.3 is 0 Å². The van der Waals surface area contributed by atoms with Crippen LogP contribution in [0.15, 0.2) is 101 Å². The van der Waals surface area contributed by atoms with Crippen LogP contribution in [0, 0.1) is 0 Å². The molecule has 1 amide bonds. The highest BCUT2D eigenvalue weighted by molar-refractivity contribution is 8.00. The zero-order valence-corrected chi connectivity index (χ0v) is 26.6. The van der Waals surface area contributed by atoms with E-state index in [9.17, 15) is 14.7 Å². The minimum absolute atomic E-state index is 0.0177. The summed E-state index contributed by atoms with van der Waals surface area (Å²) in [5.74, 6) is -0.513. The number of aliphatic hydroxyl groups is 1. The van der Waals surface area contributed by atoms with Gasteiger partial charge in [0.1, 0.15) is 5.75 Å². The molecule has 0 radical (unpaired) electrons. The fraction of sp³-hybridized carbons (Fsp3) is 0.235. The van der Waals surface area contributed by atoms with Crippen molar-refractivity contribution in [1.29, 1.82) is 0 Å². The topological polar surface area (TPSA) is 92.6 Å². The number of aromatic nitrogens is 2. The molecule has 1 aromatic heterocycles. The summed E-state index contributed by atoms with van der Waals surface area (Å²) in [4.78, 5) is 28.5. The van der Waals surface area contributed by atoms with Crippen LogP contribution in [0.2, 0.25) is 5.02 Å². The first-order chi connectivity index (χ1) is 21.5. The number of ether oxygens (including phenoxy) is 1. The Balaban J connectivity index is 1.41. The summed E-state index contributed by atoms with van der Waals surface area (Å²) >= 11 is 8.97. The molecule has 1 atom stereocenters. The number of hydrogen-bond donors (Lipinski definition) is 1.